The van der Waals surface area contributed by atoms with Crippen LogP contribution in [-0.4, -0.2) is 6.54 Å². The van der Waals surface area contributed by atoms with Crippen LogP contribution in [0.1, 0.15) is 22.3 Å². The van der Waals surface area contributed by atoms with Gasteiger partial charge in [-0.25, -0.2) is 0 Å². The van der Waals surface area contributed by atoms with E-state index >= 15 is 0 Å². The highest BCUT2D eigenvalue weighted by molar-refractivity contribution is 7.08. The van der Waals surface area contributed by atoms with E-state index in [1.807, 2.05) is 0 Å². The topological polar surface area (TPSA) is 24.1 Å². The highest BCUT2D eigenvalue weighted by Gasteiger charge is 2.09. The van der Waals surface area contributed by atoms with Crippen LogP contribution in [0, 0.1) is 6.92 Å². The molecule has 0 fully saturated rings. The summed E-state index contributed by atoms with van der Waals surface area (Å²) in [5.74, 6) is 0. The van der Waals surface area contributed by atoms with E-state index in [2.05, 4.69) is 46.5 Å². The number of aryl methyl sites for hydroxylation is 1. The first-order valence-corrected chi connectivity index (χ1v) is 7.35. The van der Waals surface area contributed by atoms with Gasteiger partial charge in [0.2, 0.25) is 0 Å². The van der Waals surface area contributed by atoms with Crippen molar-refractivity contribution < 1.29 is 0 Å². The number of fused-ring (bicyclic) bond motifs is 1. The molecule has 0 amide bonds. The first kappa shape index (κ1) is 11.8. The van der Waals surface area contributed by atoms with E-state index in [1.165, 1.54) is 27.9 Å². The van der Waals surface area contributed by atoms with Gasteiger partial charge in [0.1, 0.15) is 0 Å². The van der Waals surface area contributed by atoms with E-state index in [9.17, 15) is 0 Å². The fraction of sp³-hybridized carbons (Fsp3) is 0.333. The lowest BCUT2D eigenvalue weighted by Crippen LogP contribution is -2.12. The van der Waals surface area contributed by atoms with E-state index in [0.29, 0.717) is 0 Å². The van der Waals surface area contributed by atoms with Gasteiger partial charge < -0.3 is 10.6 Å². The molecule has 0 bridgehead atoms. The van der Waals surface area contributed by atoms with Gasteiger partial charge in [0, 0.05) is 25.3 Å². The van der Waals surface area contributed by atoms with Gasteiger partial charge in [0.15, 0.2) is 0 Å². The largest absolute Gasteiger partial charge is 0.384 e. The lowest BCUT2D eigenvalue weighted by molar-refractivity contribution is 0.692. The number of nitrogens with one attached hydrogen (secondary N) is 2. The molecule has 0 unspecified atom stereocenters. The summed E-state index contributed by atoms with van der Waals surface area (Å²) in [7, 11) is 0. The van der Waals surface area contributed by atoms with Crippen molar-refractivity contribution in [2.75, 3.05) is 11.9 Å². The summed E-state index contributed by atoms with van der Waals surface area (Å²) in [5.41, 5.74) is 6.94. The minimum atomic E-state index is 0.935. The minimum Gasteiger partial charge on any atom is -0.384 e. The average Bonchev–Trinajstić information content (AvgIpc) is 2.98. The standard InChI is InChI=1S/C15H18N2S/c1-11-9-18-10-14(11)8-16-7-12-2-3-13-4-5-17-15(13)6-12/h2-3,6,9-10,16-17H,4-5,7-8H2,1H3. The van der Waals surface area contributed by atoms with Gasteiger partial charge in [0.05, 0.1) is 0 Å². The molecule has 1 aromatic carbocycles. The normalized spacial score (nSPS) is 13.4. The van der Waals surface area contributed by atoms with Crippen molar-refractivity contribution in [2.45, 2.75) is 26.4 Å². The second-order valence-corrected chi connectivity index (χ2v) is 5.60. The van der Waals surface area contributed by atoms with Crippen LogP contribution in [0.5, 0.6) is 0 Å². The van der Waals surface area contributed by atoms with E-state index in [0.717, 1.165) is 26.1 Å². The number of anilines is 1. The molecule has 2 N–H and O–H groups in total. The molecule has 18 heavy (non-hydrogen) atoms. The van der Waals surface area contributed by atoms with Gasteiger partial charge in [0.25, 0.3) is 0 Å². The van der Waals surface area contributed by atoms with Crippen LogP contribution in [0.25, 0.3) is 0 Å². The molecule has 2 heterocycles. The maximum atomic E-state index is 3.51. The smallest absolute Gasteiger partial charge is 0.0376 e. The van der Waals surface area contributed by atoms with Gasteiger partial charge >= 0.3 is 0 Å². The van der Waals surface area contributed by atoms with Crippen LogP contribution in [0.15, 0.2) is 29.0 Å². The molecule has 1 aliphatic heterocycles. The summed E-state index contributed by atoms with van der Waals surface area (Å²) >= 11 is 1.78. The maximum Gasteiger partial charge on any atom is 0.0376 e. The Kier molecular flexibility index (Phi) is 3.35. The Bertz CT molecular complexity index is 545. The molecule has 3 heteroatoms. The number of thiophene rings is 1. The Hall–Kier alpha value is -1.32. The fourth-order valence-electron chi connectivity index (χ4n) is 2.36. The van der Waals surface area contributed by atoms with Crippen LogP contribution in [0.4, 0.5) is 5.69 Å². The first-order valence-electron chi connectivity index (χ1n) is 6.41. The maximum absolute atomic E-state index is 3.51. The van der Waals surface area contributed by atoms with Crippen molar-refractivity contribution in [3.63, 3.8) is 0 Å². The van der Waals surface area contributed by atoms with Gasteiger partial charge in [-0.2, -0.15) is 11.3 Å². The fourth-order valence-corrected chi connectivity index (χ4v) is 3.21. The van der Waals surface area contributed by atoms with Crippen LogP contribution in [-0.2, 0) is 19.5 Å². The summed E-state index contributed by atoms with van der Waals surface area (Å²) in [4.78, 5) is 0. The van der Waals surface area contributed by atoms with E-state index in [-0.39, 0.29) is 0 Å². The molecule has 0 radical (unpaired) electrons. The summed E-state index contributed by atoms with van der Waals surface area (Å²) in [6.07, 6.45) is 1.16. The molecule has 0 saturated carbocycles. The zero-order valence-electron chi connectivity index (χ0n) is 10.6. The van der Waals surface area contributed by atoms with Crippen LogP contribution >= 0.6 is 11.3 Å². The zero-order valence-corrected chi connectivity index (χ0v) is 11.4. The monoisotopic (exact) mass is 258 g/mol. The van der Waals surface area contributed by atoms with Gasteiger partial charge in [-0.3, -0.25) is 0 Å². The Morgan fingerprint density at radius 1 is 1.28 bits per heavy atom. The molecule has 2 nitrogen and oxygen atoms in total. The molecule has 0 spiro atoms. The summed E-state index contributed by atoms with van der Waals surface area (Å²) in [6.45, 7) is 5.15. The Morgan fingerprint density at radius 2 is 2.22 bits per heavy atom. The average molecular weight is 258 g/mol. The molecule has 94 valence electrons. The third-order valence-electron chi connectivity index (χ3n) is 3.49. The summed E-state index contributed by atoms with van der Waals surface area (Å²) in [5, 5.41) is 11.4. The Balaban J connectivity index is 1.59. The number of hydrogen-bond acceptors (Lipinski definition) is 3. The molecule has 2 aromatic rings. The molecule has 1 aliphatic rings. The predicted molar refractivity (Wildman–Crippen MR) is 78.2 cm³/mol. The molecular weight excluding hydrogens is 240 g/mol. The summed E-state index contributed by atoms with van der Waals surface area (Å²) in [6, 6.07) is 6.76. The van der Waals surface area contributed by atoms with Gasteiger partial charge in [-0.1, -0.05) is 12.1 Å². The Morgan fingerprint density at radius 3 is 3.06 bits per heavy atom. The second kappa shape index (κ2) is 5.12. The van der Waals surface area contributed by atoms with E-state index < -0.39 is 0 Å². The second-order valence-electron chi connectivity index (χ2n) is 4.85. The molecular formula is C15H18N2S. The van der Waals surface area contributed by atoms with Crippen LogP contribution in [0.2, 0.25) is 0 Å². The van der Waals surface area contributed by atoms with E-state index in [1.54, 1.807) is 11.3 Å². The van der Waals surface area contributed by atoms with Crippen molar-refractivity contribution >= 4 is 17.0 Å². The van der Waals surface area contributed by atoms with E-state index in [4.69, 9.17) is 0 Å². The minimum absolute atomic E-state index is 0.935. The number of benzene rings is 1. The lowest BCUT2D eigenvalue weighted by Gasteiger charge is -2.07. The van der Waals surface area contributed by atoms with Gasteiger partial charge in [-0.05, 0) is 52.4 Å². The molecule has 0 saturated heterocycles. The molecule has 0 aliphatic carbocycles. The third-order valence-corrected chi connectivity index (χ3v) is 4.40. The SMILES string of the molecule is Cc1cscc1CNCc1ccc2c(c1)NCC2. The predicted octanol–water partition coefficient (Wildman–Crippen LogP) is 3.31. The van der Waals surface area contributed by atoms with Crippen molar-refractivity contribution in [3.8, 4) is 0 Å². The van der Waals surface area contributed by atoms with Crippen LogP contribution in [0.3, 0.4) is 0 Å². The van der Waals surface area contributed by atoms with Crippen molar-refractivity contribution in [2.24, 2.45) is 0 Å². The zero-order chi connectivity index (χ0) is 12.4. The molecule has 1 aromatic heterocycles. The number of rotatable bonds is 4. The highest BCUT2D eigenvalue weighted by atomic mass is 32.1. The molecule has 0 atom stereocenters. The summed E-state index contributed by atoms with van der Waals surface area (Å²) < 4.78 is 0. The number of hydrogen-bond donors (Lipinski definition) is 2. The molecule has 3 rings (SSSR count). The first-order chi connectivity index (χ1) is 8.83. The quantitative estimate of drug-likeness (QED) is 0.879. The third kappa shape index (κ3) is 2.42. The highest BCUT2D eigenvalue weighted by Crippen LogP contribution is 2.23. The van der Waals surface area contributed by atoms with Crippen LogP contribution < -0.4 is 10.6 Å². The van der Waals surface area contributed by atoms with Crippen molar-refractivity contribution in [3.05, 3.63) is 51.2 Å². The van der Waals surface area contributed by atoms with Crippen molar-refractivity contribution in [1.29, 1.82) is 0 Å². The Labute approximate surface area is 112 Å². The van der Waals surface area contributed by atoms with Crippen molar-refractivity contribution in [1.82, 2.24) is 5.32 Å². The lowest BCUT2D eigenvalue weighted by atomic mass is 10.1. The van der Waals surface area contributed by atoms with Gasteiger partial charge in [-0.15, -0.1) is 0 Å².